The van der Waals surface area contributed by atoms with E-state index in [0.29, 0.717) is 19.7 Å². The highest BCUT2D eigenvalue weighted by Gasteiger charge is 2.39. The van der Waals surface area contributed by atoms with Gasteiger partial charge in [0.15, 0.2) is 0 Å². The van der Waals surface area contributed by atoms with Crippen molar-refractivity contribution in [2.45, 2.75) is 31.8 Å². The molecular weight excluding hydrogens is 256 g/mol. The fourth-order valence-corrected chi connectivity index (χ4v) is 2.41. The van der Waals surface area contributed by atoms with Crippen LogP contribution in [-0.4, -0.2) is 42.4 Å². The Bertz CT molecular complexity index is 455. The van der Waals surface area contributed by atoms with Gasteiger partial charge < -0.3 is 20.5 Å². The molecule has 110 valence electrons. The molecule has 5 heteroatoms. The summed E-state index contributed by atoms with van der Waals surface area (Å²) in [7, 11) is 0. The number of nitrogens with one attached hydrogen (secondary N) is 2. The molecule has 0 aromatic heterocycles. The van der Waals surface area contributed by atoms with Gasteiger partial charge in [-0.1, -0.05) is 17.7 Å². The zero-order valence-corrected chi connectivity index (χ0v) is 12.0. The van der Waals surface area contributed by atoms with Gasteiger partial charge in [0.25, 0.3) is 0 Å². The average Bonchev–Trinajstić information content (AvgIpc) is 2.35. The molecule has 1 aromatic carbocycles. The van der Waals surface area contributed by atoms with E-state index in [0.717, 1.165) is 5.75 Å². The van der Waals surface area contributed by atoms with Crippen molar-refractivity contribution >= 4 is 5.97 Å². The van der Waals surface area contributed by atoms with Crippen LogP contribution >= 0.6 is 0 Å². The lowest BCUT2D eigenvalue weighted by Crippen LogP contribution is -2.70. The smallest absolute Gasteiger partial charge is 0.305 e. The van der Waals surface area contributed by atoms with Crippen LogP contribution in [0, 0.1) is 6.92 Å². The van der Waals surface area contributed by atoms with E-state index in [1.807, 2.05) is 38.1 Å². The van der Waals surface area contributed by atoms with Crippen LogP contribution in [0.15, 0.2) is 24.3 Å². The highest BCUT2D eigenvalue weighted by atomic mass is 16.5. The van der Waals surface area contributed by atoms with Crippen LogP contribution < -0.4 is 15.4 Å². The molecule has 20 heavy (non-hydrogen) atoms. The first-order valence-electron chi connectivity index (χ1n) is 6.89. The van der Waals surface area contributed by atoms with Crippen LogP contribution in [0.1, 0.15) is 18.9 Å². The third kappa shape index (κ3) is 3.95. The van der Waals surface area contributed by atoms with E-state index in [4.69, 9.17) is 9.84 Å². The van der Waals surface area contributed by atoms with Gasteiger partial charge in [-0.25, -0.2) is 0 Å². The topological polar surface area (TPSA) is 70.6 Å². The first kappa shape index (κ1) is 14.8. The monoisotopic (exact) mass is 278 g/mol. The summed E-state index contributed by atoms with van der Waals surface area (Å²) in [5.74, 6) is 0.0638. The molecule has 1 aliphatic heterocycles. The normalized spacial score (nSPS) is 18.1. The molecule has 1 aliphatic rings. The molecule has 0 spiro atoms. The van der Waals surface area contributed by atoms with Crippen molar-refractivity contribution in [1.29, 1.82) is 0 Å². The average molecular weight is 278 g/mol. The van der Waals surface area contributed by atoms with Crippen LogP contribution in [0.5, 0.6) is 5.75 Å². The van der Waals surface area contributed by atoms with E-state index in [-0.39, 0.29) is 18.0 Å². The van der Waals surface area contributed by atoms with Gasteiger partial charge in [-0.05, 0) is 26.0 Å². The van der Waals surface area contributed by atoms with E-state index < -0.39 is 5.97 Å². The van der Waals surface area contributed by atoms with Crippen molar-refractivity contribution < 1.29 is 14.6 Å². The van der Waals surface area contributed by atoms with Crippen molar-refractivity contribution in [1.82, 2.24) is 10.6 Å². The van der Waals surface area contributed by atoms with Crippen molar-refractivity contribution in [2.24, 2.45) is 0 Å². The summed E-state index contributed by atoms with van der Waals surface area (Å²) in [6.07, 6.45) is 0.134. The molecule has 1 aromatic rings. The van der Waals surface area contributed by atoms with Crippen molar-refractivity contribution in [2.75, 3.05) is 19.7 Å². The number of carboxylic acid groups (broad SMARTS) is 1. The molecule has 0 radical (unpaired) electrons. The van der Waals surface area contributed by atoms with Gasteiger partial charge in [-0.15, -0.1) is 0 Å². The summed E-state index contributed by atoms with van der Waals surface area (Å²) >= 11 is 0. The van der Waals surface area contributed by atoms with E-state index in [1.54, 1.807) is 0 Å². The molecule has 1 unspecified atom stereocenters. The Labute approximate surface area is 119 Å². The maximum absolute atomic E-state index is 10.9. The van der Waals surface area contributed by atoms with Gasteiger partial charge >= 0.3 is 5.97 Å². The molecule has 1 atom stereocenters. The molecule has 0 bridgehead atoms. The van der Waals surface area contributed by atoms with Gasteiger partial charge in [-0.2, -0.15) is 0 Å². The molecule has 1 heterocycles. The van der Waals surface area contributed by atoms with Crippen molar-refractivity contribution in [3.63, 3.8) is 0 Å². The fourth-order valence-electron chi connectivity index (χ4n) is 2.41. The lowest BCUT2D eigenvalue weighted by molar-refractivity contribution is -0.139. The standard InChI is InChI=1S/C15H22N2O3/c1-11-3-5-13(6-4-11)20-8-12(2)17-15(7-14(18)19)9-16-10-15/h3-6,12,16-17H,7-10H2,1-2H3,(H,18,19). The Morgan fingerprint density at radius 1 is 1.45 bits per heavy atom. The number of benzene rings is 1. The van der Waals surface area contributed by atoms with Gasteiger partial charge in [-0.3, -0.25) is 4.79 Å². The number of aryl methyl sites for hydroxylation is 1. The lowest BCUT2D eigenvalue weighted by atomic mass is 9.88. The highest BCUT2D eigenvalue weighted by Crippen LogP contribution is 2.17. The van der Waals surface area contributed by atoms with Crippen LogP contribution in [-0.2, 0) is 4.79 Å². The molecular formula is C15H22N2O3. The predicted octanol–water partition coefficient (Wildman–Crippen LogP) is 1.17. The van der Waals surface area contributed by atoms with Crippen molar-refractivity contribution in [3.8, 4) is 5.75 Å². The van der Waals surface area contributed by atoms with Gasteiger partial charge in [0.05, 0.1) is 12.0 Å². The van der Waals surface area contributed by atoms with Crippen LogP contribution in [0.4, 0.5) is 0 Å². The quantitative estimate of drug-likeness (QED) is 0.698. The molecule has 0 amide bonds. The van der Waals surface area contributed by atoms with Gasteiger partial charge in [0, 0.05) is 19.1 Å². The molecule has 0 saturated carbocycles. The molecule has 1 saturated heterocycles. The number of carboxylic acids is 1. The maximum atomic E-state index is 10.9. The first-order valence-corrected chi connectivity index (χ1v) is 6.89. The number of carbonyl (C=O) groups is 1. The third-order valence-corrected chi connectivity index (χ3v) is 3.49. The number of aliphatic carboxylic acids is 1. The van der Waals surface area contributed by atoms with Crippen LogP contribution in [0.3, 0.4) is 0 Å². The van der Waals surface area contributed by atoms with Crippen molar-refractivity contribution in [3.05, 3.63) is 29.8 Å². The van der Waals surface area contributed by atoms with E-state index in [2.05, 4.69) is 10.6 Å². The number of hydrogen-bond donors (Lipinski definition) is 3. The van der Waals surface area contributed by atoms with Gasteiger partial charge in [0.2, 0.25) is 0 Å². The molecule has 2 rings (SSSR count). The number of rotatable bonds is 7. The minimum Gasteiger partial charge on any atom is -0.492 e. The molecule has 0 aliphatic carbocycles. The zero-order chi connectivity index (χ0) is 14.6. The summed E-state index contributed by atoms with van der Waals surface area (Å²) in [5.41, 5.74) is 0.867. The zero-order valence-electron chi connectivity index (χ0n) is 12.0. The van der Waals surface area contributed by atoms with Crippen LogP contribution in [0.25, 0.3) is 0 Å². The Kier molecular flexibility index (Phi) is 4.62. The SMILES string of the molecule is Cc1ccc(OCC(C)NC2(CC(=O)O)CNC2)cc1. The van der Waals surface area contributed by atoms with E-state index >= 15 is 0 Å². The third-order valence-electron chi connectivity index (χ3n) is 3.49. The Morgan fingerprint density at radius 3 is 2.60 bits per heavy atom. The Hall–Kier alpha value is -1.59. The largest absolute Gasteiger partial charge is 0.492 e. The van der Waals surface area contributed by atoms with E-state index in [1.165, 1.54) is 5.56 Å². The highest BCUT2D eigenvalue weighted by molar-refractivity contribution is 5.68. The minimum atomic E-state index is -0.773. The Balaban J connectivity index is 1.81. The summed E-state index contributed by atoms with van der Waals surface area (Å²) in [6.45, 7) is 5.94. The number of ether oxygens (including phenoxy) is 1. The summed E-state index contributed by atoms with van der Waals surface area (Å²) in [5, 5.41) is 15.5. The predicted molar refractivity (Wildman–Crippen MR) is 77.1 cm³/mol. The lowest BCUT2D eigenvalue weighted by Gasteiger charge is -2.44. The number of hydrogen-bond acceptors (Lipinski definition) is 4. The molecule has 5 nitrogen and oxygen atoms in total. The van der Waals surface area contributed by atoms with Gasteiger partial charge in [0.1, 0.15) is 12.4 Å². The summed E-state index contributed by atoms with van der Waals surface area (Å²) in [4.78, 5) is 10.9. The second-order valence-electron chi connectivity index (χ2n) is 5.62. The molecule has 3 N–H and O–H groups in total. The first-order chi connectivity index (χ1) is 9.49. The second-order valence-corrected chi connectivity index (χ2v) is 5.62. The Morgan fingerprint density at radius 2 is 2.10 bits per heavy atom. The molecule has 1 fully saturated rings. The summed E-state index contributed by atoms with van der Waals surface area (Å²) < 4.78 is 5.71. The van der Waals surface area contributed by atoms with E-state index in [9.17, 15) is 4.79 Å². The fraction of sp³-hybridized carbons (Fsp3) is 0.533. The summed E-state index contributed by atoms with van der Waals surface area (Å²) in [6, 6.07) is 8.00. The van der Waals surface area contributed by atoms with Crippen LogP contribution in [0.2, 0.25) is 0 Å². The minimum absolute atomic E-state index is 0.0951. The maximum Gasteiger partial charge on any atom is 0.305 e. The second kappa shape index (κ2) is 6.24.